The second-order valence-corrected chi connectivity index (χ2v) is 9.88. The number of hydrogen-bond donors (Lipinski definition) is 1. The summed E-state index contributed by atoms with van der Waals surface area (Å²) in [6.45, 7) is 0. The molecular weight excluding hydrogens is 434 g/mol. The van der Waals surface area contributed by atoms with E-state index in [1.165, 1.54) is 39.4 Å². The molecule has 0 aliphatic rings. The van der Waals surface area contributed by atoms with Crippen molar-refractivity contribution in [3.63, 3.8) is 0 Å². The van der Waals surface area contributed by atoms with Gasteiger partial charge in [0.2, 0.25) is 10.0 Å². The Labute approximate surface area is 186 Å². The van der Waals surface area contributed by atoms with Crippen LogP contribution < -0.4 is 10.1 Å². The number of hydrogen-bond acceptors (Lipinski definition) is 6. The second kappa shape index (κ2) is 9.95. The zero-order chi connectivity index (χ0) is 22.4. The van der Waals surface area contributed by atoms with Gasteiger partial charge in [0, 0.05) is 37.3 Å². The zero-order valence-corrected chi connectivity index (χ0v) is 19.0. The maximum absolute atomic E-state index is 12.8. The molecule has 7 nitrogen and oxygen atoms in total. The predicted octanol–water partition coefficient (Wildman–Crippen LogP) is 3.89. The van der Waals surface area contributed by atoms with Gasteiger partial charge in [-0.1, -0.05) is 18.2 Å². The van der Waals surface area contributed by atoms with Crippen LogP contribution in [-0.4, -0.2) is 44.8 Å². The number of benzene rings is 2. The maximum Gasteiger partial charge on any atom is 0.255 e. The summed E-state index contributed by atoms with van der Waals surface area (Å²) < 4.78 is 31.4. The molecule has 2 aromatic carbocycles. The summed E-state index contributed by atoms with van der Waals surface area (Å²) in [6.07, 6.45) is 1.75. The van der Waals surface area contributed by atoms with Crippen molar-refractivity contribution in [2.45, 2.75) is 15.7 Å². The normalized spacial score (nSPS) is 11.4. The number of aromatic nitrogens is 1. The summed E-state index contributed by atoms with van der Waals surface area (Å²) in [4.78, 5) is 17.0. The molecule has 0 spiro atoms. The average molecular weight is 458 g/mol. The van der Waals surface area contributed by atoms with Crippen molar-refractivity contribution < 1.29 is 17.9 Å². The second-order valence-electron chi connectivity index (χ2n) is 6.76. The number of sulfonamides is 1. The first kappa shape index (κ1) is 22.8. The minimum Gasteiger partial charge on any atom is -0.495 e. The van der Waals surface area contributed by atoms with Crippen LogP contribution in [0.15, 0.2) is 76.8 Å². The Morgan fingerprint density at radius 2 is 1.90 bits per heavy atom. The first-order valence-electron chi connectivity index (χ1n) is 9.36. The maximum atomic E-state index is 12.8. The quantitative estimate of drug-likeness (QED) is 0.517. The lowest BCUT2D eigenvalue weighted by Crippen LogP contribution is -2.23. The van der Waals surface area contributed by atoms with Crippen molar-refractivity contribution in [2.24, 2.45) is 0 Å². The smallest absolute Gasteiger partial charge is 0.255 e. The van der Waals surface area contributed by atoms with Crippen LogP contribution in [0.4, 0.5) is 5.69 Å². The highest BCUT2D eigenvalue weighted by atomic mass is 32.2. The molecule has 1 heterocycles. The topological polar surface area (TPSA) is 88.6 Å². The molecule has 0 saturated carbocycles. The molecule has 0 atom stereocenters. The third-order valence-electron chi connectivity index (χ3n) is 4.39. The number of carbonyl (C=O) groups excluding carboxylic acids is 1. The Bertz CT molecular complexity index is 1170. The lowest BCUT2D eigenvalue weighted by atomic mass is 10.2. The van der Waals surface area contributed by atoms with Gasteiger partial charge >= 0.3 is 0 Å². The zero-order valence-electron chi connectivity index (χ0n) is 17.4. The van der Waals surface area contributed by atoms with Crippen LogP contribution in [0.2, 0.25) is 0 Å². The molecular formula is C22H23N3O4S2. The molecule has 0 saturated heterocycles. The van der Waals surface area contributed by atoms with Crippen molar-refractivity contribution in [1.82, 2.24) is 9.29 Å². The van der Waals surface area contributed by atoms with Crippen LogP contribution in [0.1, 0.15) is 15.9 Å². The Balaban J connectivity index is 1.77. The van der Waals surface area contributed by atoms with Crippen molar-refractivity contribution in [3.05, 3.63) is 78.0 Å². The van der Waals surface area contributed by atoms with E-state index in [9.17, 15) is 13.2 Å². The van der Waals surface area contributed by atoms with E-state index in [-0.39, 0.29) is 16.2 Å². The first-order valence-corrected chi connectivity index (χ1v) is 11.8. The number of nitrogens with zero attached hydrogens (tertiary/aromatic N) is 2. The van der Waals surface area contributed by atoms with Crippen molar-refractivity contribution in [1.29, 1.82) is 0 Å². The molecule has 1 N–H and O–H groups in total. The van der Waals surface area contributed by atoms with Crippen LogP contribution in [0.25, 0.3) is 0 Å². The van der Waals surface area contributed by atoms with Crippen molar-refractivity contribution in [2.75, 3.05) is 26.5 Å². The minimum absolute atomic E-state index is 0.0619. The van der Waals surface area contributed by atoms with Gasteiger partial charge in [0.15, 0.2) is 0 Å². The van der Waals surface area contributed by atoms with Crippen LogP contribution in [0.3, 0.4) is 0 Å². The Morgan fingerprint density at radius 1 is 1.10 bits per heavy atom. The number of ether oxygens (including phenoxy) is 1. The number of carbonyl (C=O) groups is 1. The van der Waals surface area contributed by atoms with E-state index in [2.05, 4.69) is 10.3 Å². The molecule has 0 bridgehead atoms. The molecule has 31 heavy (non-hydrogen) atoms. The van der Waals surface area contributed by atoms with Gasteiger partial charge in [-0.3, -0.25) is 4.79 Å². The van der Waals surface area contributed by atoms with E-state index >= 15 is 0 Å². The van der Waals surface area contributed by atoms with Gasteiger partial charge in [-0.2, -0.15) is 0 Å². The van der Waals surface area contributed by atoms with E-state index in [1.807, 2.05) is 36.4 Å². The van der Waals surface area contributed by atoms with E-state index in [0.29, 0.717) is 11.4 Å². The highest BCUT2D eigenvalue weighted by molar-refractivity contribution is 7.98. The molecule has 0 radical (unpaired) electrons. The molecule has 3 aromatic rings. The van der Waals surface area contributed by atoms with Crippen LogP contribution in [-0.2, 0) is 15.8 Å². The Hall–Kier alpha value is -2.88. The molecule has 0 aliphatic heterocycles. The summed E-state index contributed by atoms with van der Waals surface area (Å²) in [5.74, 6) is 0.472. The number of methoxy groups -OCH3 is 1. The molecule has 1 aromatic heterocycles. The minimum atomic E-state index is -3.77. The summed E-state index contributed by atoms with van der Waals surface area (Å²) in [5.41, 5.74) is 1.87. The highest BCUT2D eigenvalue weighted by Crippen LogP contribution is 2.27. The monoisotopic (exact) mass is 457 g/mol. The summed E-state index contributed by atoms with van der Waals surface area (Å²) in [6, 6.07) is 17.6. The number of anilines is 1. The number of nitrogens with one attached hydrogen (secondary N) is 1. The van der Waals surface area contributed by atoms with Gasteiger partial charge in [0.25, 0.3) is 5.91 Å². The fourth-order valence-electron chi connectivity index (χ4n) is 2.75. The van der Waals surface area contributed by atoms with Crippen LogP contribution in [0, 0.1) is 0 Å². The lowest BCUT2D eigenvalue weighted by molar-refractivity contribution is 0.102. The Kier molecular flexibility index (Phi) is 7.32. The molecule has 9 heteroatoms. The van der Waals surface area contributed by atoms with E-state index in [4.69, 9.17) is 4.74 Å². The fraction of sp³-hybridized carbons (Fsp3) is 0.182. The van der Waals surface area contributed by atoms with Crippen LogP contribution in [0.5, 0.6) is 5.75 Å². The molecule has 0 aliphatic carbocycles. The Morgan fingerprint density at radius 3 is 2.58 bits per heavy atom. The van der Waals surface area contributed by atoms with Gasteiger partial charge in [-0.05, 0) is 48.0 Å². The highest BCUT2D eigenvalue weighted by Gasteiger charge is 2.24. The molecule has 0 unspecified atom stereocenters. The standard InChI is InChI=1S/C22H23N3O4S2/c1-25(2)31(27,28)20-14-17(10-11-19(20)29-3)22(26)24-18-8-6-7-16(13-18)15-30-21-9-4-5-12-23-21/h4-14H,15H2,1-3H3,(H,24,26). The number of pyridine rings is 1. The molecule has 3 rings (SSSR count). The third-order valence-corrected chi connectivity index (χ3v) is 7.24. The van der Waals surface area contributed by atoms with E-state index in [1.54, 1.807) is 24.0 Å². The van der Waals surface area contributed by atoms with E-state index in [0.717, 1.165) is 14.9 Å². The van der Waals surface area contributed by atoms with Crippen molar-refractivity contribution in [3.8, 4) is 5.75 Å². The van der Waals surface area contributed by atoms with Gasteiger partial charge in [0.05, 0.1) is 12.1 Å². The van der Waals surface area contributed by atoms with Gasteiger partial charge < -0.3 is 10.1 Å². The number of amides is 1. The third kappa shape index (κ3) is 5.63. The van der Waals surface area contributed by atoms with Crippen LogP contribution >= 0.6 is 11.8 Å². The summed E-state index contributed by atoms with van der Waals surface area (Å²) in [5, 5.41) is 3.75. The largest absolute Gasteiger partial charge is 0.495 e. The average Bonchev–Trinajstić information content (AvgIpc) is 2.78. The van der Waals surface area contributed by atoms with E-state index < -0.39 is 15.9 Å². The van der Waals surface area contributed by atoms with Gasteiger partial charge in [0.1, 0.15) is 10.6 Å². The molecule has 162 valence electrons. The number of rotatable bonds is 8. The van der Waals surface area contributed by atoms with Gasteiger partial charge in [-0.15, -0.1) is 11.8 Å². The van der Waals surface area contributed by atoms with Gasteiger partial charge in [-0.25, -0.2) is 17.7 Å². The summed E-state index contributed by atoms with van der Waals surface area (Å²) in [7, 11) is 0.471. The molecule has 1 amide bonds. The fourth-order valence-corrected chi connectivity index (χ4v) is 4.63. The molecule has 0 fully saturated rings. The summed E-state index contributed by atoms with van der Waals surface area (Å²) >= 11 is 1.60. The lowest BCUT2D eigenvalue weighted by Gasteiger charge is -2.15. The SMILES string of the molecule is COc1ccc(C(=O)Nc2cccc(CSc3ccccn3)c2)cc1S(=O)(=O)N(C)C. The first-order chi connectivity index (χ1) is 14.8. The number of thioether (sulfide) groups is 1. The van der Waals surface area contributed by atoms with Crippen molar-refractivity contribution >= 4 is 33.4 Å². The predicted molar refractivity (Wildman–Crippen MR) is 122 cm³/mol.